The highest BCUT2D eigenvalue weighted by molar-refractivity contribution is 6.00. The summed E-state index contributed by atoms with van der Waals surface area (Å²) in [7, 11) is 0. The molecule has 1 aliphatic heterocycles. The minimum absolute atomic E-state index is 0.0804. The molecule has 0 radical (unpaired) electrons. The molecule has 2 aromatic carbocycles. The van der Waals surface area contributed by atoms with Crippen molar-refractivity contribution in [3.8, 4) is 0 Å². The van der Waals surface area contributed by atoms with Crippen molar-refractivity contribution in [3.05, 3.63) is 58.7 Å². The van der Waals surface area contributed by atoms with E-state index in [0.717, 1.165) is 46.7 Å². The molecule has 0 spiro atoms. The van der Waals surface area contributed by atoms with Gasteiger partial charge >= 0.3 is 0 Å². The lowest BCUT2D eigenvalue weighted by Gasteiger charge is -2.14. The molecule has 2 amide bonds. The summed E-state index contributed by atoms with van der Waals surface area (Å²) in [5, 5.41) is 11.9. The Morgan fingerprint density at radius 3 is 2.25 bits per heavy atom. The largest absolute Gasteiger partial charge is 0.343 e. The quantitative estimate of drug-likeness (QED) is 0.835. The van der Waals surface area contributed by atoms with Gasteiger partial charge in [-0.05, 0) is 63.1 Å². The molecule has 6 nitrogen and oxygen atoms in total. The molecule has 2 N–H and O–H groups in total. The molecule has 0 unspecified atom stereocenters. The average molecular weight is 378 g/mol. The van der Waals surface area contributed by atoms with Crippen molar-refractivity contribution in [3.63, 3.8) is 0 Å². The number of carbonyl (C=O) groups is 2. The molecule has 0 aromatic heterocycles. The number of rotatable bonds is 5. The fraction of sp³-hybridized carbons (Fsp3) is 0.318. The van der Waals surface area contributed by atoms with Crippen molar-refractivity contribution in [2.24, 2.45) is 5.10 Å². The summed E-state index contributed by atoms with van der Waals surface area (Å²) in [6.07, 6.45) is 0.956. The van der Waals surface area contributed by atoms with E-state index < -0.39 is 0 Å². The van der Waals surface area contributed by atoms with Gasteiger partial charge in [0.2, 0.25) is 5.91 Å². The van der Waals surface area contributed by atoms with Crippen LogP contribution in [0.3, 0.4) is 0 Å². The zero-order valence-corrected chi connectivity index (χ0v) is 16.8. The Labute approximate surface area is 165 Å². The Morgan fingerprint density at radius 2 is 1.68 bits per heavy atom. The smallest absolute Gasteiger partial charge is 0.251 e. The summed E-state index contributed by atoms with van der Waals surface area (Å²) in [4.78, 5) is 24.6. The first kappa shape index (κ1) is 19.6. The zero-order chi connectivity index (χ0) is 20.3. The van der Waals surface area contributed by atoms with Crippen molar-refractivity contribution in [1.82, 2.24) is 5.32 Å². The van der Waals surface area contributed by atoms with Crippen molar-refractivity contribution >= 4 is 28.9 Å². The van der Waals surface area contributed by atoms with Crippen LogP contribution in [0.15, 0.2) is 41.5 Å². The summed E-state index contributed by atoms with van der Waals surface area (Å²) in [5.41, 5.74) is 6.54. The fourth-order valence-corrected chi connectivity index (χ4v) is 3.37. The lowest BCUT2D eigenvalue weighted by atomic mass is 10.1. The summed E-state index contributed by atoms with van der Waals surface area (Å²) in [6, 6.07) is 11.3. The van der Waals surface area contributed by atoms with Crippen LogP contribution in [0.25, 0.3) is 0 Å². The van der Waals surface area contributed by atoms with Gasteiger partial charge in [0.25, 0.3) is 5.91 Å². The minimum Gasteiger partial charge on any atom is -0.343 e. The second kappa shape index (κ2) is 8.25. The molecule has 0 saturated heterocycles. The van der Waals surface area contributed by atoms with Crippen LogP contribution in [0, 0.1) is 20.8 Å². The number of nitrogens with zero attached hydrogens (tertiary/aromatic N) is 2. The first-order valence-corrected chi connectivity index (χ1v) is 9.41. The van der Waals surface area contributed by atoms with Crippen molar-refractivity contribution < 1.29 is 9.59 Å². The van der Waals surface area contributed by atoms with Crippen LogP contribution in [0.5, 0.6) is 0 Å². The van der Waals surface area contributed by atoms with Gasteiger partial charge in [-0.15, -0.1) is 0 Å². The van der Waals surface area contributed by atoms with Gasteiger partial charge in [0.15, 0.2) is 0 Å². The Balaban J connectivity index is 1.56. The van der Waals surface area contributed by atoms with Gasteiger partial charge in [-0.1, -0.05) is 17.7 Å². The standard InChI is InChI=1S/C22H26N4O2/c1-14-11-15(2)21(16(3)12-14)24-20(27)13-23-22(28)18-5-7-19(8-6-18)26-10-9-17(4)25-26/h5-8,11-12H,9-10,13H2,1-4H3,(H,23,28)(H,24,27). The molecule has 2 aromatic rings. The Bertz CT molecular complexity index is 909. The lowest BCUT2D eigenvalue weighted by Crippen LogP contribution is -2.33. The van der Waals surface area contributed by atoms with Crippen molar-refractivity contribution in [1.29, 1.82) is 0 Å². The summed E-state index contributed by atoms with van der Waals surface area (Å²) < 4.78 is 0. The van der Waals surface area contributed by atoms with E-state index in [9.17, 15) is 9.59 Å². The highest BCUT2D eigenvalue weighted by atomic mass is 16.2. The molecule has 0 bridgehead atoms. The number of aryl methyl sites for hydroxylation is 3. The summed E-state index contributed by atoms with van der Waals surface area (Å²) >= 11 is 0. The highest BCUT2D eigenvalue weighted by Crippen LogP contribution is 2.22. The Morgan fingerprint density at radius 1 is 1.04 bits per heavy atom. The first-order chi connectivity index (χ1) is 13.3. The lowest BCUT2D eigenvalue weighted by molar-refractivity contribution is -0.115. The van der Waals surface area contributed by atoms with Crippen LogP contribution < -0.4 is 15.6 Å². The molecule has 146 valence electrons. The van der Waals surface area contributed by atoms with Crippen LogP contribution in [0.2, 0.25) is 0 Å². The van der Waals surface area contributed by atoms with E-state index in [1.54, 1.807) is 12.1 Å². The maximum atomic E-state index is 12.3. The summed E-state index contributed by atoms with van der Waals surface area (Å²) in [5.74, 6) is -0.526. The molecule has 0 fully saturated rings. The topological polar surface area (TPSA) is 73.8 Å². The number of hydrogen-bond donors (Lipinski definition) is 2. The number of hydrogen-bond acceptors (Lipinski definition) is 4. The second-order valence-corrected chi connectivity index (χ2v) is 7.26. The number of hydrazone groups is 1. The van der Waals surface area contributed by atoms with Crippen molar-refractivity contribution in [2.45, 2.75) is 34.1 Å². The summed E-state index contributed by atoms with van der Waals surface area (Å²) in [6.45, 7) is 8.72. The SMILES string of the molecule is CC1=NN(c2ccc(C(=O)NCC(=O)Nc3c(C)cc(C)cc3C)cc2)CC1. The number of amides is 2. The molecule has 1 heterocycles. The molecular weight excluding hydrogens is 352 g/mol. The highest BCUT2D eigenvalue weighted by Gasteiger charge is 2.14. The van der Waals surface area contributed by atoms with Gasteiger partial charge < -0.3 is 10.6 Å². The van der Waals surface area contributed by atoms with Gasteiger partial charge in [0, 0.05) is 29.9 Å². The van der Waals surface area contributed by atoms with Crippen LogP contribution in [-0.4, -0.2) is 30.6 Å². The monoisotopic (exact) mass is 378 g/mol. The molecule has 1 aliphatic rings. The molecule has 0 aliphatic carbocycles. The number of nitrogens with one attached hydrogen (secondary N) is 2. The average Bonchev–Trinajstić information content (AvgIpc) is 3.09. The third-order valence-electron chi connectivity index (χ3n) is 4.76. The van der Waals surface area contributed by atoms with Gasteiger partial charge in [0.05, 0.1) is 12.2 Å². The molecule has 28 heavy (non-hydrogen) atoms. The minimum atomic E-state index is -0.278. The van der Waals surface area contributed by atoms with Crippen molar-refractivity contribution in [2.75, 3.05) is 23.4 Å². The van der Waals surface area contributed by atoms with Gasteiger partial charge in [0.1, 0.15) is 0 Å². The van der Waals surface area contributed by atoms with Gasteiger partial charge in [-0.2, -0.15) is 5.10 Å². The normalized spacial score (nSPS) is 13.3. The van der Waals surface area contributed by atoms with E-state index in [1.165, 1.54) is 0 Å². The van der Waals surface area contributed by atoms with Gasteiger partial charge in [-0.25, -0.2) is 0 Å². The predicted octanol–water partition coefficient (Wildman–Crippen LogP) is 3.57. The van der Waals surface area contributed by atoms with E-state index in [0.29, 0.717) is 5.56 Å². The van der Waals surface area contributed by atoms with E-state index in [1.807, 2.05) is 57.0 Å². The Kier molecular flexibility index (Phi) is 5.78. The number of benzene rings is 2. The molecule has 0 saturated carbocycles. The number of anilines is 2. The fourth-order valence-electron chi connectivity index (χ4n) is 3.37. The molecular formula is C22H26N4O2. The predicted molar refractivity (Wildman–Crippen MR) is 113 cm³/mol. The molecule has 6 heteroatoms. The van der Waals surface area contributed by atoms with Crippen LogP contribution in [0.1, 0.15) is 40.4 Å². The molecule has 3 rings (SSSR count). The number of carbonyl (C=O) groups excluding carboxylic acids is 2. The maximum Gasteiger partial charge on any atom is 0.251 e. The third kappa shape index (κ3) is 4.57. The van der Waals surface area contributed by atoms with Gasteiger partial charge in [-0.3, -0.25) is 14.6 Å². The van der Waals surface area contributed by atoms with E-state index >= 15 is 0 Å². The van der Waals surface area contributed by atoms with E-state index in [-0.39, 0.29) is 18.4 Å². The van der Waals surface area contributed by atoms with E-state index in [4.69, 9.17) is 0 Å². The maximum absolute atomic E-state index is 12.3. The molecule has 0 atom stereocenters. The third-order valence-corrected chi connectivity index (χ3v) is 4.76. The van der Waals surface area contributed by atoms with E-state index in [2.05, 4.69) is 15.7 Å². The second-order valence-electron chi connectivity index (χ2n) is 7.26. The van der Waals surface area contributed by atoms with Crippen LogP contribution in [0.4, 0.5) is 11.4 Å². The zero-order valence-electron chi connectivity index (χ0n) is 16.8. The Hall–Kier alpha value is -3.15. The van der Waals surface area contributed by atoms with Crippen LogP contribution >= 0.6 is 0 Å². The first-order valence-electron chi connectivity index (χ1n) is 9.41. The van der Waals surface area contributed by atoms with Crippen LogP contribution in [-0.2, 0) is 4.79 Å².